The Balaban J connectivity index is 3.09. The third kappa shape index (κ3) is 4.54. The molecule has 0 aliphatic carbocycles. The highest BCUT2D eigenvalue weighted by Gasteiger charge is 2.20. The van der Waals surface area contributed by atoms with Gasteiger partial charge in [-0.15, -0.1) is 11.6 Å². The van der Waals surface area contributed by atoms with Gasteiger partial charge in [0.05, 0.1) is 5.02 Å². The van der Waals surface area contributed by atoms with Crippen LogP contribution in [0.25, 0.3) is 0 Å². The van der Waals surface area contributed by atoms with E-state index in [0.29, 0.717) is 22.9 Å². The largest absolute Gasteiger partial charge is 0.352 e. The summed E-state index contributed by atoms with van der Waals surface area (Å²) >= 11 is 12.2. The standard InChI is InChI=1S/C15H24Cl2N2/c1-5-13(6-2)19(10-11(3)4)15-14(17)7-12(8-16)9-18-15/h7,9,11,13H,5-6,8,10H2,1-4H3. The lowest BCUT2D eigenvalue weighted by atomic mass is 10.1. The summed E-state index contributed by atoms with van der Waals surface area (Å²) < 4.78 is 0. The van der Waals surface area contributed by atoms with Crippen molar-refractivity contribution in [3.63, 3.8) is 0 Å². The van der Waals surface area contributed by atoms with E-state index in [4.69, 9.17) is 23.2 Å². The number of rotatable bonds is 7. The van der Waals surface area contributed by atoms with Gasteiger partial charge in [0.2, 0.25) is 0 Å². The van der Waals surface area contributed by atoms with Crippen molar-refractivity contribution in [2.45, 2.75) is 52.5 Å². The Labute approximate surface area is 127 Å². The van der Waals surface area contributed by atoms with Crippen molar-refractivity contribution in [1.29, 1.82) is 0 Å². The highest BCUT2D eigenvalue weighted by molar-refractivity contribution is 6.33. The minimum absolute atomic E-state index is 0.447. The second-order valence-electron chi connectivity index (χ2n) is 5.30. The van der Waals surface area contributed by atoms with Crippen molar-refractivity contribution in [2.75, 3.05) is 11.4 Å². The fourth-order valence-electron chi connectivity index (χ4n) is 2.29. The molecule has 1 heterocycles. The van der Waals surface area contributed by atoms with Crippen molar-refractivity contribution >= 4 is 29.0 Å². The number of alkyl halides is 1. The van der Waals surface area contributed by atoms with Crippen LogP contribution in [0.4, 0.5) is 5.82 Å². The Morgan fingerprint density at radius 3 is 2.32 bits per heavy atom. The first kappa shape index (κ1) is 16.6. The molecule has 0 saturated carbocycles. The molecule has 0 bridgehead atoms. The van der Waals surface area contributed by atoms with E-state index in [2.05, 4.69) is 37.6 Å². The number of halogens is 2. The summed E-state index contributed by atoms with van der Waals surface area (Å²) in [5, 5.41) is 0.700. The summed E-state index contributed by atoms with van der Waals surface area (Å²) in [5.74, 6) is 1.91. The topological polar surface area (TPSA) is 16.1 Å². The molecular formula is C15H24Cl2N2. The highest BCUT2D eigenvalue weighted by atomic mass is 35.5. The van der Waals surface area contributed by atoms with Crippen LogP contribution >= 0.6 is 23.2 Å². The van der Waals surface area contributed by atoms with E-state index in [1.807, 2.05) is 12.3 Å². The molecule has 4 heteroatoms. The summed E-state index contributed by atoms with van der Waals surface area (Å²) in [6.07, 6.45) is 4.01. The van der Waals surface area contributed by atoms with Gasteiger partial charge in [-0.1, -0.05) is 39.3 Å². The molecule has 0 spiro atoms. The highest BCUT2D eigenvalue weighted by Crippen LogP contribution is 2.28. The van der Waals surface area contributed by atoms with Crippen LogP contribution in [0, 0.1) is 5.92 Å². The Morgan fingerprint density at radius 2 is 1.89 bits per heavy atom. The van der Waals surface area contributed by atoms with Crippen molar-refractivity contribution < 1.29 is 0 Å². The van der Waals surface area contributed by atoms with Gasteiger partial charge in [0.25, 0.3) is 0 Å². The van der Waals surface area contributed by atoms with E-state index >= 15 is 0 Å². The summed E-state index contributed by atoms with van der Waals surface area (Å²) in [6.45, 7) is 9.83. The first-order chi connectivity index (χ1) is 9.03. The van der Waals surface area contributed by atoms with Gasteiger partial charge >= 0.3 is 0 Å². The fraction of sp³-hybridized carbons (Fsp3) is 0.667. The van der Waals surface area contributed by atoms with Crippen LogP contribution in [-0.4, -0.2) is 17.6 Å². The monoisotopic (exact) mass is 302 g/mol. The minimum atomic E-state index is 0.447. The van der Waals surface area contributed by atoms with Crippen LogP contribution < -0.4 is 4.90 Å². The molecule has 1 aromatic heterocycles. The molecule has 108 valence electrons. The van der Waals surface area contributed by atoms with Gasteiger partial charge in [0.15, 0.2) is 0 Å². The van der Waals surface area contributed by atoms with Crippen LogP contribution in [0.2, 0.25) is 5.02 Å². The smallest absolute Gasteiger partial charge is 0.147 e. The van der Waals surface area contributed by atoms with E-state index in [1.54, 1.807) is 0 Å². The molecule has 19 heavy (non-hydrogen) atoms. The molecule has 0 radical (unpaired) electrons. The SMILES string of the molecule is CCC(CC)N(CC(C)C)c1ncc(CCl)cc1Cl. The van der Waals surface area contributed by atoms with E-state index in [0.717, 1.165) is 30.8 Å². The van der Waals surface area contributed by atoms with Crippen LogP contribution in [0.15, 0.2) is 12.3 Å². The van der Waals surface area contributed by atoms with Gasteiger partial charge in [-0.3, -0.25) is 0 Å². The molecule has 0 atom stereocenters. The van der Waals surface area contributed by atoms with Crippen molar-refractivity contribution in [1.82, 2.24) is 4.98 Å². The molecule has 1 aromatic rings. The van der Waals surface area contributed by atoms with E-state index < -0.39 is 0 Å². The fourth-order valence-corrected chi connectivity index (χ4v) is 2.73. The lowest BCUT2D eigenvalue weighted by molar-refractivity contribution is 0.503. The third-order valence-corrected chi connectivity index (χ3v) is 3.84. The Hall–Kier alpha value is -0.470. The maximum atomic E-state index is 6.38. The zero-order valence-corrected chi connectivity index (χ0v) is 13.8. The molecule has 0 aliphatic rings. The first-order valence-corrected chi connectivity index (χ1v) is 7.91. The van der Waals surface area contributed by atoms with Gasteiger partial charge in [-0.05, 0) is 30.4 Å². The number of hydrogen-bond acceptors (Lipinski definition) is 2. The van der Waals surface area contributed by atoms with Gasteiger partial charge in [0, 0.05) is 24.7 Å². The maximum Gasteiger partial charge on any atom is 0.147 e. The molecule has 0 fully saturated rings. The average Bonchev–Trinajstić information content (AvgIpc) is 2.38. The molecule has 0 saturated heterocycles. The van der Waals surface area contributed by atoms with Gasteiger partial charge in [-0.25, -0.2) is 4.98 Å². The number of hydrogen-bond donors (Lipinski definition) is 0. The molecule has 2 nitrogen and oxygen atoms in total. The molecule has 0 amide bonds. The van der Waals surface area contributed by atoms with Crippen molar-refractivity contribution in [3.8, 4) is 0 Å². The average molecular weight is 303 g/mol. The Bertz CT molecular complexity index is 390. The quantitative estimate of drug-likeness (QED) is 0.650. The first-order valence-electron chi connectivity index (χ1n) is 7.00. The zero-order valence-electron chi connectivity index (χ0n) is 12.3. The molecule has 0 aromatic carbocycles. The van der Waals surface area contributed by atoms with Gasteiger partial charge < -0.3 is 4.90 Å². The summed E-state index contributed by atoms with van der Waals surface area (Å²) in [6, 6.07) is 2.40. The van der Waals surface area contributed by atoms with E-state index in [9.17, 15) is 0 Å². The second-order valence-corrected chi connectivity index (χ2v) is 5.97. The minimum Gasteiger partial charge on any atom is -0.352 e. The van der Waals surface area contributed by atoms with E-state index in [-0.39, 0.29) is 0 Å². The summed E-state index contributed by atoms with van der Waals surface area (Å²) in [4.78, 5) is 6.87. The zero-order chi connectivity index (χ0) is 14.4. The second kappa shape index (κ2) is 7.96. The number of pyridine rings is 1. The van der Waals surface area contributed by atoms with E-state index in [1.165, 1.54) is 0 Å². The number of anilines is 1. The summed E-state index contributed by atoms with van der Waals surface area (Å²) in [7, 11) is 0. The van der Waals surface area contributed by atoms with Crippen LogP contribution in [0.5, 0.6) is 0 Å². The third-order valence-electron chi connectivity index (χ3n) is 3.25. The van der Waals surface area contributed by atoms with Gasteiger partial charge in [0.1, 0.15) is 5.82 Å². The number of aromatic nitrogens is 1. The predicted octanol–water partition coefficient (Wildman–Crippen LogP) is 5.12. The van der Waals surface area contributed by atoms with Crippen molar-refractivity contribution in [2.24, 2.45) is 5.92 Å². The Morgan fingerprint density at radius 1 is 1.26 bits per heavy atom. The van der Waals surface area contributed by atoms with Gasteiger partial charge in [-0.2, -0.15) is 0 Å². The summed E-state index contributed by atoms with van der Waals surface area (Å²) in [5.41, 5.74) is 0.962. The molecule has 0 unspecified atom stereocenters. The molecular weight excluding hydrogens is 279 g/mol. The number of nitrogens with zero attached hydrogens (tertiary/aromatic N) is 2. The van der Waals surface area contributed by atoms with Crippen LogP contribution in [0.3, 0.4) is 0 Å². The Kier molecular flexibility index (Phi) is 6.95. The molecule has 0 aliphatic heterocycles. The van der Waals surface area contributed by atoms with Crippen LogP contribution in [-0.2, 0) is 5.88 Å². The molecule has 1 rings (SSSR count). The lowest BCUT2D eigenvalue weighted by Gasteiger charge is -2.33. The molecule has 0 N–H and O–H groups in total. The normalized spacial score (nSPS) is 11.4. The lowest BCUT2D eigenvalue weighted by Crippen LogP contribution is -2.38. The van der Waals surface area contributed by atoms with Crippen LogP contribution in [0.1, 0.15) is 46.1 Å². The van der Waals surface area contributed by atoms with Crippen molar-refractivity contribution in [3.05, 3.63) is 22.8 Å². The predicted molar refractivity (Wildman–Crippen MR) is 85.4 cm³/mol. The maximum absolute atomic E-state index is 6.38.